The summed E-state index contributed by atoms with van der Waals surface area (Å²) in [5, 5.41) is 2.03. The molecule has 0 saturated carbocycles. The molecule has 0 radical (unpaired) electrons. The van der Waals surface area contributed by atoms with E-state index < -0.39 is 0 Å². The van der Waals surface area contributed by atoms with E-state index in [1.54, 1.807) is 30.4 Å². The first kappa shape index (κ1) is 13.1. The Labute approximate surface area is 110 Å². The van der Waals surface area contributed by atoms with Crippen molar-refractivity contribution in [2.75, 3.05) is 6.61 Å². The second-order valence-electron chi connectivity index (χ2n) is 4.15. The molecule has 0 aliphatic heterocycles. The third-order valence-electron chi connectivity index (χ3n) is 2.66. The summed E-state index contributed by atoms with van der Waals surface area (Å²) in [4.78, 5) is 1.27. The number of benzene rings is 1. The van der Waals surface area contributed by atoms with Gasteiger partial charge in [-0.2, -0.15) is 0 Å². The molecule has 4 heteroatoms. The van der Waals surface area contributed by atoms with Crippen molar-refractivity contribution in [3.63, 3.8) is 0 Å². The molecule has 2 rings (SSSR count). The SMILES string of the molecule is C[C@@H](N)c1ccc(OCCc2cccs2)cc1F. The fraction of sp³-hybridized carbons (Fsp3) is 0.286. The van der Waals surface area contributed by atoms with Crippen LogP contribution in [0.5, 0.6) is 5.75 Å². The number of ether oxygens (including phenoxy) is 1. The highest BCUT2D eigenvalue weighted by molar-refractivity contribution is 7.09. The van der Waals surface area contributed by atoms with Gasteiger partial charge in [0.15, 0.2) is 0 Å². The van der Waals surface area contributed by atoms with E-state index in [2.05, 4.69) is 6.07 Å². The third-order valence-corrected chi connectivity index (χ3v) is 3.60. The fourth-order valence-electron chi connectivity index (χ4n) is 1.69. The van der Waals surface area contributed by atoms with Crippen LogP contribution in [0.25, 0.3) is 0 Å². The van der Waals surface area contributed by atoms with Crippen LogP contribution < -0.4 is 10.5 Å². The zero-order valence-electron chi connectivity index (χ0n) is 10.2. The highest BCUT2D eigenvalue weighted by atomic mass is 32.1. The molecule has 1 aromatic heterocycles. The Morgan fingerprint density at radius 2 is 2.22 bits per heavy atom. The van der Waals surface area contributed by atoms with Gasteiger partial charge in [-0.1, -0.05) is 12.1 Å². The van der Waals surface area contributed by atoms with Crippen molar-refractivity contribution in [1.29, 1.82) is 0 Å². The Bertz CT molecular complexity index is 497. The molecule has 2 N–H and O–H groups in total. The number of thiophene rings is 1. The van der Waals surface area contributed by atoms with Gasteiger partial charge in [-0.05, 0) is 24.4 Å². The summed E-state index contributed by atoms with van der Waals surface area (Å²) < 4.78 is 19.2. The molecule has 0 amide bonds. The Kier molecular flexibility index (Phi) is 4.33. The predicted octanol–water partition coefficient (Wildman–Crippen LogP) is 3.53. The van der Waals surface area contributed by atoms with Gasteiger partial charge in [-0.15, -0.1) is 11.3 Å². The van der Waals surface area contributed by atoms with Gasteiger partial charge < -0.3 is 10.5 Å². The van der Waals surface area contributed by atoms with Crippen molar-refractivity contribution in [2.45, 2.75) is 19.4 Å². The smallest absolute Gasteiger partial charge is 0.131 e. The summed E-state index contributed by atoms with van der Waals surface area (Å²) in [6, 6.07) is 8.61. The largest absolute Gasteiger partial charge is 0.493 e. The quantitative estimate of drug-likeness (QED) is 0.897. The summed E-state index contributed by atoms with van der Waals surface area (Å²) >= 11 is 1.70. The van der Waals surface area contributed by atoms with Gasteiger partial charge in [0.25, 0.3) is 0 Å². The second kappa shape index (κ2) is 5.98. The highest BCUT2D eigenvalue weighted by Crippen LogP contribution is 2.21. The molecule has 0 aliphatic rings. The van der Waals surface area contributed by atoms with Crippen molar-refractivity contribution < 1.29 is 9.13 Å². The number of nitrogens with two attached hydrogens (primary N) is 1. The van der Waals surface area contributed by atoms with Crippen molar-refractivity contribution in [3.8, 4) is 5.75 Å². The molecule has 2 nitrogen and oxygen atoms in total. The minimum atomic E-state index is -0.307. The van der Waals surface area contributed by atoms with Crippen LogP contribution in [0.3, 0.4) is 0 Å². The third kappa shape index (κ3) is 3.31. The normalized spacial score (nSPS) is 12.4. The molecule has 0 saturated heterocycles. The van der Waals surface area contributed by atoms with Gasteiger partial charge in [0.05, 0.1) is 6.61 Å². The maximum atomic E-state index is 13.6. The molecule has 1 aromatic carbocycles. The summed E-state index contributed by atoms with van der Waals surface area (Å²) in [7, 11) is 0. The zero-order valence-corrected chi connectivity index (χ0v) is 11.0. The second-order valence-corrected chi connectivity index (χ2v) is 5.18. The first-order valence-corrected chi connectivity index (χ1v) is 6.75. The average Bonchev–Trinajstić information content (AvgIpc) is 2.81. The monoisotopic (exact) mass is 265 g/mol. The van der Waals surface area contributed by atoms with E-state index >= 15 is 0 Å². The van der Waals surface area contributed by atoms with Crippen LogP contribution in [0.2, 0.25) is 0 Å². The van der Waals surface area contributed by atoms with Crippen molar-refractivity contribution in [3.05, 3.63) is 52.0 Å². The van der Waals surface area contributed by atoms with Crippen molar-refractivity contribution in [2.24, 2.45) is 5.73 Å². The van der Waals surface area contributed by atoms with E-state index in [1.165, 1.54) is 10.9 Å². The van der Waals surface area contributed by atoms with E-state index in [-0.39, 0.29) is 11.9 Å². The number of hydrogen-bond donors (Lipinski definition) is 1. The minimum absolute atomic E-state index is 0.301. The molecular weight excluding hydrogens is 249 g/mol. The summed E-state index contributed by atoms with van der Waals surface area (Å²) in [5.74, 6) is 0.243. The Hall–Kier alpha value is -1.39. The van der Waals surface area contributed by atoms with E-state index in [0.717, 1.165) is 6.42 Å². The highest BCUT2D eigenvalue weighted by Gasteiger charge is 2.08. The molecule has 0 aliphatic carbocycles. The molecular formula is C14H16FNOS. The molecule has 1 atom stereocenters. The number of hydrogen-bond acceptors (Lipinski definition) is 3. The lowest BCUT2D eigenvalue weighted by molar-refractivity contribution is 0.321. The summed E-state index contributed by atoms with van der Waals surface area (Å²) in [5.41, 5.74) is 6.16. The molecule has 18 heavy (non-hydrogen) atoms. The van der Waals surface area contributed by atoms with Crippen LogP contribution in [-0.2, 0) is 6.42 Å². The Morgan fingerprint density at radius 1 is 1.39 bits per heavy atom. The van der Waals surface area contributed by atoms with Gasteiger partial charge in [0.2, 0.25) is 0 Å². The maximum absolute atomic E-state index is 13.6. The molecule has 0 spiro atoms. The lowest BCUT2D eigenvalue weighted by Gasteiger charge is -2.10. The summed E-state index contributed by atoms with van der Waals surface area (Å²) in [6.45, 7) is 2.31. The van der Waals surface area contributed by atoms with E-state index in [0.29, 0.717) is 17.9 Å². The first-order valence-electron chi connectivity index (χ1n) is 5.87. The molecule has 2 aromatic rings. The Morgan fingerprint density at radius 3 is 2.83 bits per heavy atom. The van der Waals surface area contributed by atoms with Gasteiger partial charge in [-0.25, -0.2) is 4.39 Å². The molecule has 1 heterocycles. The standard InChI is InChI=1S/C14H16FNOS/c1-10(16)13-5-4-11(9-14(13)15)17-7-6-12-3-2-8-18-12/h2-5,8-10H,6-7,16H2,1H3/t10-/m1/s1. The molecule has 96 valence electrons. The van der Waals surface area contributed by atoms with Gasteiger partial charge >= 0.3 is 0 Å². The molecule has 0 bridgehead atoms. The van der Waals surface area contributed by atoms with Gasteiger partial charge in [0.1, 0.15) is 11.6 Å². The zero-order chi connectivity index (χ0) is 13.0. The van der Waals surface area contributed by atoms with Crippen LogP contribution in [0.15, 0.2) is 35.7 Å². The molecule has 0 fully saturated rings. The van der Waals surface area contributed by atoms with Crippen LogP contribution in [0.1, 0.15) is 23.4 Å². The minimum Gasteiger partial charge on any atom is -0.493 e. The van der Waals surface area contributed by atoms with E-state index in [4.69, 9.17) is 10.5 Å². The van der Waals surface area contributed by atoms with Crippen LogP contribution in [-0.4, -0.2) is 6.61 Å². The lowest BCUT2D eigenvalue weighted by atomic mass is 10.1. The number of rotatable bonds is 5. The maximum Gasteiger partial charge on any atom is 0.131 e. The molecule has 0 unspecified atom stereocenters. The lowest BCUT2D eigenvalue weighted by Crippen LogP contribution is -2.08. The van der Waals surface area contributed by atoms with Crippen LogP contribution in [0.4, 0.5) is 4.39 Å². The Balaban J connectivity index is 1.92. The summed E-state index contributed by atoms with van der Waals surface area (Å²) in [6.07, 6.45) is 0.842. The van der Waals surface area contributed by atoms with Gasteiger partial charge in [-0.3, -0.25) is 0 Å². The van der Waals surface area contributed by atoms with E-state index in [9.17, 15) is 4.39 Å². The average molecular weight is 265 g/mol. The van der Waals surface area contributed by atoms with Crippen LogP contribution >= 0.6 is 11.3 Å². The van der Waals surface area contributed by atoms with Crippen LogP contribution in [0, 0.1) is 5.82 Å². The van der Waals surface area contributed by atoms with Crippen molar-refractivity contribution in [1.82, 2.24) is 0 Å². The predicted molar refractivity (Wildman–Crippen MR) is 72.5 cm³/mol. The first-order chi connectivity index (χ1) is 8.66. The number of halogens is 1. The topological polar surface area (TPSA) is 35.2 Å². The van der Waals surface area contributed by atoms with E-state index in [1.807, 2.05) is 11.4 Å². The fourth-order valence-corrected chi connectivity index (χ4v) is 2.38. The van der Waals surface area contributed by atoms with Gasteiger partial charge in [0, 0.05) is 29.0 Å². The van der Waals surface area contributed by atoms with Crippen molar-refractivity contribution >= 4 is 11.3 Å².